The Bertz CT molecular complexity index is 585. The molecule has 2 nitrogen and oxygen atoms in total. The molecular weight excluding hydrogens is 298 g/mol. The molecule has 19 heavy (non-hydrogen) atoms. The van der Waals surface area contributed by atoms with E-state index in [1.54, 1.807) is 23.1 Å². The Balaban J connectivity index is 1.73. The molecule has 0 bridgehead atoms. The molecule has 0 saturated heterocycles. The summed E-state index contributed by atoms with van der Waals surface area (Å²) in [5.74, 6) is 0.814. The van der Waals surface area contributed by atoms with Crippen molar-refractivity contribution in [2.24, 2.45) is 0 Å². The van der Waals surface area contributed by atoms with E-state index in [2.05, 4.69) is 4.98 Å². The van der Waals surface area contributed by atoms with Gasteiger partial charge < -0.3 is 5.11 Å². The number of hydrogen-bond donors (Lipinski definition) is 1. The molecule has 1 aliphatic carbocycles. The van der Waals surface area contributed by atoms with Gasteiger partial charge in [0.15, 0.2) is 0 Å². The number of aryl methyl sites for hydroxylation is 1. The van der Waals surface area contributed by atoms with E-state index in [1.165, 1.54) is 0 Å². The lowest BCUT2D eigenvalue weighted by molar-refractivity contribution is 0.160. The Morgan fingerprint density at radius 1 is 1.42 bits per heavy atom. The van der Waals surface area contributed by atoms with Crippen LogP contribution in [0.5, 0.6) is 0 Å². The quantitative estimate of drug-likeness (QED) is 0.850. The van der Waals surface area contributed by atoms with E-state index in [0.29, 0.717) is 0 Å². The van der Waals surface area contributed by atoms with E-state index < -0.39 is 0 Å². The summed E-state index contributed by atoms with van der Waals surface area (Å²) in [6.07, 6.45) is 2.60. The topological polar surface area (TPSA) is 33.1 Å². The van der Waals surface area contributed by atoms with Gasteiger partial charge in [-0.25, -0.2) is 4.98 Å². The van der Waals surface area contributed by atoms with Crippen LogP contribution in [0.2, 0.25) is 5.02 Å². The van der Waals surface area contributed by atoms with Gasteiger partial charge in [-0.15, -0.1) is 23.1 Å². The number of thiazole rings is 1. The predicted octanol–water partition coefficient (Wildman–Crippen LogP) is 4.46. The summed E-state index contributed by atoms with van der Waals surface area (Å²) in [6, 6.07) is 7.85. The molecule has 1 aliphatic rings. The van der Waals surface area contributed by atoms with Crippen LogP contribution in [0, 0.1) is 0 Å². The smallest absolute Gasteiger partial charge is 0.103 e. The highest BCUT2D eigenvalue weighted by Gasteiger charge is 2.22. The van der Waals surface area contributed by atoms with Crippen molar-refractivity contribution in [3.8, 4) is 0 Å². The zero-order chi connectivity index (χ0) is 13.2. The largest absolute Gasteiger partial charge is 0.388 e. The fourth-order valence-corrected chi connectivity index (χ4v) is 4.58. The van der Waals surface area contributed by atoms with Crippen LogP contribution in [0.3, 0.4) is 0 Å². The SMILES string of the molecule is OC1CCCc2nc(CSc3ccccc3Cl)sc21. The van der Waals surface area contributed by atoms with Crippen molar-refractivity contribution in [3.63, 3.8) is 0 Å². The van der Waals surface area contributed by atoms with Gasteiger partial charge in [-0.3, -0.25) is 0 Å². The number of aromatic nitrogens is 1. The minimum atomic E-state index is -0.305. The number of aliphatic hydroxyl groups is 1. The zero-order valence-corrected chi connectivity index (χ0v) is 12.7. The fraction of sp³-hybridized carbons (Fsp3) is 0.357. The molecule has 3 rings (SSSR count). The summed E-state index contributed by atoms with van der Waals surface area (Å²) in [5, 5.41) is 11.8. The number of thioether (sulfide) groups is 1. The molecule has 1 aromatic carbocycles. The normalized spacial score (nSPS) is 18.3. The molecule has 2 aromatic rings. The maximum absolute atomic E-state index is 9.95. The Morgan fingerprint density at radius 3 is 3.05 bits per heavy atom. The minimum absolute atomic E-state index is 0.305. The minimum Gasteiger partial charge on any atom is -0.388 e. The van der Waals surface area contributed by atoms with Crippen LogP contribution in [-0.2, 0) is 12.2 Å². The van der Waals surface area contributed by atoms with Gasteiger partial charge >= 0.3 is 0 Å². The van der Waals surface area contributed by atoms with Crippen LogP contribution >= 0.6 is 34.7 Å². The Morgan fingerprint density at radius 2 is 2.26 bits per heavy atom. The zero-order valence-electron chi connectivity index (χ0n) is 10.3. The third-order valence-electron chi connectivity index (χ3n) is 3.15. The second-order valence-electron chi connectivity index (χ2n) is 4.55. The van der Waals surface area contributed by atoms with Crippen LogP contribution < -0.4 is 0 Å². The van der Waals surface area contributed by atoms with Crippen molar-refractivity contribution < 1.29 is 5.11 Å². The van der Waals surface area contributed by atoms with Crippen molar-refractivity contribution in [2.45, 2.75) is 36.0 Å². The summed E-state index contributed by atoms with van der Waals surface area (Å²) in [4.78, 5) is 6.79. The van der Waals surface area contributed by atoms with Crippen molar-refractivity contribution in [3.05, 3.63) is 44.9 Å². The average Bonchev–Trinajstić information content (AvgIpc) is 2.82. The van der Waals surface area contributed by atoms with E-state index in [9.17, 15) is 5.11 Å². The maximum atomic E-state index is 9.95. The molecular formula is C14H14ClNOS2. The number of benzene rings is 1. The van der Waals surface area contributed by atoms with Crippen molar-refractivity contribution in [1.82, 2.24) is 4.98 Å². The molecule has 0 spiro atoms. The molecule has 0 amide bonds. The van der Waals surface area contributed by atoms with Crippen LogP contribution in [0.4, 0.5) is 0 Å². The highest BCUT2D eigenvalue weighted by Crippen LogP contribution is 2.36. The number of rotatable bonds is 3. The molecule has 1 heterocycles. The van der Waals surface area contributed by atoms with E-state index in [0.717, 1.165) is 50.5 Å². The number of fused-ring (bicyclic) bond motifs is 1. The summed E-state index contributed by atoms with van der Waals surface area (Å²) in [7, 11) is 0. The summed E-state index contributed by atoms with van der Waals surface area (Å²) < 4.78 is 0. The lowest BCUT2D eigenvalue weighted by atomic mass is 10.0. The van der Waals surface area contributed by atoms with Crippen LogP contribution in [0.25, 0.3) is 0 Å². The van der Waals surface area contributed by atoms with Gasteiger partial charge in [0.25, 0.3) is 0 Å². The molecule has 5 heteroatoms. The number of nitrogens with zero attached hydrogens (tertiary/aromatic N) is 1. The van der Waals surface area contributed by atoms with Gasteiger partial charge in [-0.1, -0.05) is 23.7 Å². The summed E-state index contributed by atoms with van der Waals surface area (Å²) >= 11 is 9.48. The number of hydrogen-bond acceptors (Lipinski definition) is 4. The third kappa shape index (κ3) is 2.97. The predicted molar refractivity (Wildman–Crippen MR) is 81.0 cm³/mol. The Kier molecular flexibility index (Phi) is 4.12. The average molecular weight is 312 g/mol. The van der Waals surface area contributed by atoms with Gasteiger partial charge in [0.2, 0.25) is 0 Å². The second kappa shape index (κ2) is 5.83. The van der Waals surface area contributed by atoms with E-state index >= 15 is 0 Å². The summed E-state index contributed by atoms with van der Waals surface area (Å²) in [6.45, 7) is 0. The highest BCUT2D eigenvalue weighted by molar-refractivity contribution is 7.98. The van der Waals surface area contributed by atoms with Crippen LogP contribution in [0.1, 0.15) is 34.5 Å². The first-order chi connectivity index (χ1) is 9.24. The third-order valence-corrected chi connectivity index (χ3v) is 6.06. The number of aliphatic hydroxyl groups excluding tert-OH is 1. The molecule has 1 aromatic heterocycles. The van der Waals surface area contributed by atoms with E-state index in [-0.39, 0.29) is 6.10 Å². The maximum Gasteiger partial charge on any atom is 0.103 e. The molecule has 100 valence electrons. The molecule has 1 N–H and O–H groups in total. The van der Waals surface area contributed by atoms with Crippen molar-refractivity contribution in [1.29, 1.82) is 0 Å². The molecule has 0 saturated carbocycles. The van der Waals surface area contributed by atoms with Crippen LogP contribution in [0.15, 0.2) is 29.2 Å². The fourth-order valence-electron chi connectivity index (χ4n) is 2.21. The molecule has 1 atom stereocenters. The molecule has 0 aliphatic heterocycles. The van der Waals surface area contributed by atoms with Gasteiger partial charge in [0.05, 0.1) is 27.5 Å². The molecule has 1 unspecified atom stereocenters. The van der Waals surface area contributed by atoms with Crippen LogP contribution in [-0.4, -0.2) is 10.1 Å². The first-order valence-corrected chi connectivity index (χ1v) is 8.46. The van der Waals surface area contributed by atoms with Crippen molar-refractivity contribution >= 4 is 34.7 Å². The Labute approximate surface area is 125 Å². The number of halogens is 1. The lowest BCUT2D eigenvalue weighted by Crippen LogP contribution is -2.06. The van der Waals surface area contributed by atoms with E-state index in [4.69, 9.17) is 11.6 Å². The van der Waals surface area contributed by atoms with Gasteiger partial charge in [0, 0.05) is 4.90 Å². The molecule has 0 fully saturated rings. The van der Waals surface area contributed by atoms with Gasteiger partial charge in [-0.05, 0) is 31.4 Å². The Hall–Kier alpha value is -0.550. The van der Waals surface area contributed by atoms with E-state index in [1.807, 2.05) is 24.3 Å². The monoisotopic (exact) mass is 311 g/mol. The van der Waals surface area contributed by atoms with Gasteiger partial charge in [-0.2, -0.15) is 0 Å². The first kappa shape index (κ1) is 13.4. The highest BCUT2D eigenvalue weighted by atomic mass is 35.5. The first-order valence-electron chi connectivity index (χ1n) is 6.28. The standard InChI is InChI=1S/C14H14ClNOS2/c15-9-4-1-2-7-12(9)18-8-13-16-10-5-3-6-11(17)14(10)19-13/h1-2,4,7,11,17H,3,5-6,8H2. The lowest BCUT2D eigenvalue weighted by Gasteiger charge is -2.14. The van der Waals surface area contributed by atoms with Gasteiger partial charge in [0.1, 0.15) is 5.01 Å². The molecule has 0 radical (unpaired) electrons. The summed E-state index contributed by atoms with van der Waals surface area (Å²) in [5.41, 5.74) is 1.10. The second-order valence-corrected chi connectivity index (χ2v) is 7.09. The van der Waals surface area contributed by atoms with Crippen molar-refractivity contribution in [2.75, 3.05) is 0 Å².